The van der Waals surface area contributed by atoms with Crippen LogP contribution < -0.4 is 5.32 Å². The lowest BCUT2D eigenvalue weighted by Gasteiger charge is -2.40. The summed E-state index contributed by atoms with van der Waals surface area (Å²) in [6, 6.07) is -0.826. The second kappa shape index (κ2) is 61.0. The number of hydrogen-bond acceptors (Lipinski definition) is 10. The van der Waals surface area contributed by atoms with E-state index in [9.17, 15) is 35.1 Å². The van der Waals surface area contributed by atoms with E-state index in [1.54, 1.807) is 6.08 Å². The number of aliphatic hydroxyl groups is 5. The Morgan fingerprint density at radius 1 is 0.446 bits per heavy atom. The van der Waals surface area contributed by atoms with Gasteiger partial charge in [0.2, 0.25) is 5.91 Å². The predicted molar refractivity (Wildman–Crippen MR) is 347 cm³/mol. The second-order valence-electron chi connectivity index (χ2n) is 24.2. The van der Waals surface area contributed by atoms with E-state index in [1.807, 2.05) is 6.08 Å². The van der Waals surface area contributed by atoms with Crippen LogP contribution in [0.2, 0.25) is 0 Å². The van der Waals surface area contributed by atoms with E-state index < -0.39 is 49.5 Å². The second-order valence-corrected chi connectivity index (χ2v) is 24.2. The fourth-order valence-electron chi connectivity index (χ4n) is 10.8. The summed E-state index contributed by atoms with van der Waals surface area (Å²) in [6.07, 6.45) is 70.8. The maximum Gasteiger partial charge on any atom is 0.305 e. The number of hydrogen-bond donors (Lipinski definition) is 6. The lowest BCUT2D eigenvalue weighted by molar-refractivity contribution is -0.302. The molecule has 1 saturated heterocycles. The summed E-state index contributed by atoms with van der Waals surface area (Å²) in [6.45, 7) is 4.28. The maximum absolute atomic E-state index is 13.0. The van der Waals surface area contributed by atoms with E-state index in [2.05, 4.69) is 67.8 Å². The van der Waals surface area contributed by atoms with Crippen molar-refractivity contribution in [3.05, 3.63) is 60.8 Å². The van der Waals surface area contributed by atoms with Gasteiger partial charge < -0.3 is 45.1 Å². The zero-order valence-corrected chi connectivity index (χ0v) is 53.7. The largest absolute Gasteiger partial charge is 0.466 e. The van der Waals surface area contributed by atoms with Crippen LogP contribution in [-0.4, -0.2) is 100 Å². The summed E-state index contributed by atoms with van der Waals surface area (Å²) in [4.78, 5) is 25.0. The number of unbranched alkanes of at least 4 members (excludes halogenated alkanes) is 39. The highest BCUT2D eigenvalue weighted by Gasteiger charge is 2.44. The first kappa shape index (κ1) is 78.4. The number of ether oxygens (including phenoxy) is 3. The summed E-state index contributed by atoms with van der Waals surface area (Å²) in [5.74, 6) is -0.196. The zero-order chi connectivity index (χ0) is 60.2. The third kappa shape index (κ3) is 50.1. The van der Waals surface area contributed by atoms with Gasteiger partial charge >= 0.3 is 5.97 Å². The standard InChI is InChI=1S/C72H131NO10/c1-3-5-7-9-11-13-38-42-46-50-54-58-65(75)64(63-82-72-71(80)70(79)69(78)66(62-74)83-72)73-67(76)59-55-51-47-43-40-36-34-32-30-28-26-24-22-20-18-16-15-17-19-21-23-25-27-29-31-33-35-37-41-45-49-53-57-61-81-68(77)60-56-52-48-44-39-14-12-10-8-6-4-2/h10,12,19,21,25,27,38,42,54,58,64-66,69-72,74-75,78-80H,3-9,11,13-18,20,22-24,26,28-37,39-41,43-53,55-57,59-63H2,1-2H3,(H,73,76)/b12-10-,21-19-,27-25-,42-38+,58-54+. The minimum atomic E-state index is -1.58. The van der Waals surface area contributed by atoms with E-state index >= 15 is 0 Å². The molecule has 1 aliphatic heterocycles. The van der Waals surface area contributed by atoms with Gasteiger partial charge in [-0.3, -0.25) is 9.59 Å². The molecule has 0 aromatic rings. The highest BCUT2D eigenvalue weighted by Crippen LogP contribution is 2.23. The van der Waals surface area contributed by atoms with Crippen molar-refractivity contribution in [1.29, 1.82) is 0 Å². The number of aliphatic hydroxyl groups excluding tert-OH is 5. The number of carbonyl (C=O) groups excluding carboxylic acids is 2. The minimum Gasteiger partial charge on any atom is -0.466 e. The van der Waals surface area contributed by atoms with Crippen LogP contribution in [0.4, 0.5) is 0 Å². The van der Waals surface area contributed by atoms with Crippen LogP contribution in [0.3, 0.4) is 0 Å². The van der Waals surface area contributed by atoms with Crippen LogP contribution in [-0.2, 0) is 23.8 Å². The summed E-state index contributed by atoms with van der Waals surface area (Å²) in [5, 5.41) is 54.4. The Morgan fingerprint density at radius 3 is 1.30 bits per heavy atom. The van der Waals surface area contributed by atoms with Gasteiger partial charge in [0, 0.05) is 12.8 Å². The first-order valence-electron chi connectivity index (χ1n) is 35.1. The van der Waals surface area contributed by atoms with Crippen LogP contribution in [0.15, 0.2) is 60.8 Å². The normalized spacial score (nSPS) is 18.5. The van der Waals surface area contributed by atoms with Gasteiger partial charge in [0.05, 0.1) is 32.0 Å². The quantitative estimate of drug-likeness (QED) is 0.0195. The number of nitrogens with one attached hydrogen (secondary N) is 1. The molecule has 11 heteroatoms. The maximum atomic E-state index is 13.0. The smallest absolute Gasteiger partial charge is 0.305 e. The van der Waals surface area contributed by atoms with Crippen molar-refractivity contribution in [2.75, 3.05) is 19.8 Å². The molecule has 0 bridgehead atoms. The first-order valence-corrected chi connectivity index (χ1v) is 35.1. The fourth-order valence-corrected chi connectivity index (χ4v) is 10.8. The topological polar surface area (TPSA) is 175 Å². The van der Waals surface area contributed by atoms with Gasteiger partial charge in [-0.05, 0) is 96.3 Å². The third-order valence-electron chi connectivity index (χ3n) is 16.3. The molecule has 1 fully saturated rings. The predicted octanol–water partition coefficient (Wildman–Crippen LogP) is 17.7. The highest BCUT2D eigenvalue weighted by molar-refractivity contribution is 5.76. The molecule has 11 nitrogen and oxygen atoms in total. The average molecular weight is 1170 g/mol. The number of esters is 1. The van der Waals surface area contributed by atoms with Crippen molar-refractivity contribution in [1.82, 2.24) is 5.32 Å². The van der Waals surface area contributed by atoms with E-state index in [0.29, 0.717) is 19.4 Å². The summed E-state index contributed by atoms with van der Waals surface area (Å²) in [5.41, 5.74) is 0. The van der Waals surface area contributed by atoms with Gasteiger partial charge in [-0.1, -0.05) is 274 Å². The molecule has 6 N–H and O–H groups in total. The van der Waals surface area contributed by atoms with Crippen LogP contribution in [0.1, 0.15) is 322 Å². The van der Waals surface area contributed by atoms with Crippen molar-refractivity contribution >= 4 is 11.9 Å². The van der Waals surface area contributed by atoms with E-state index in [4.69, 9.17) is 14.2 Å². The molecule has 0 saturated carbocycles. The monoisotopic (exact) mass is 1170 g/mol. The Labute approximate surface area is 509 Å². The van der Waals surface area contributed by atoms with Crippen LogP contribution in [0, 0.1) is 0 Å². The molecule has 0 aliphatic carbocycles. The highest BCUT2D eigenvalue weighted by atomic mass is 16.7. The Bertz CT molecular complexity index is 1560. The molecule has 1 aliphatic rings. The molecule has 484 valence electrons. The molecular formula is C72H131NO10. The number of allylic oxidation sites excluding steroid dienone is 9. The number of carbonyl (C=O) groups is 2. The zero-order valence-electron chi connectivity index (χ0n) is 53.7. The molecular weight excluding hydrogens is 1040 g/mol. The molecule has 0 radical (unpaired) electrons. The summed E-state index contributed by atoms with van der Waals surface area (Å²) in [7, 11) is 0. The van der Waals surface area contributed by atoms with Gasteiger partial charge in [0.15, 0.2) is 6.29 Å². The van der Waals surface area contributed by atoms with Crippen molar-refractivity contribution in [3.8, 4) is 0 Å². The Morgan fingerprint density at radius 2 is 0.831 bits per heavy atom. The minimum absolute atomic E-state index is 0.00481. The van der Waals surface area contributed by atoms with Crippen LogP contribution >= 0.6 is 0 Å². The Kier molecular flexibility index (Phi) is 57.6. The number of rotatable bonds is 61. The molecule has 1 rings (SSSR count). The van der Waals surface area contributed by atoms with Gasteiger partial charge in [-0.2, -0.15) is 0 Å². The Hall–Kier alpha value is -2.64. The Balaban J connectivity index is 1.96. The molecule has 1 heterocycles. The van der Waals surface area contributed by atoms with E-state index in [0.717, 1.165) is 64.2 Å². The molecule has 7 unspecified atom stereocenters. The SMILES string of the molecule is CCCC/C=C\CCCCCCCC(=O)OCCCCCCCCCCC/C=C\C/C=C\CCCCCCCCCCCCCCCCCCCC(=O)NC(COC1OC(CO)C(O)C(O)C1O)C(O)/C=C/CC/C=C/CCCCCCC. The lowest BCUT2D eigenvalue weighted by Crippen LogP contribution is -2.60. The molecule has 1 amide bonds. The molecule has 83 heavy (non-hydrogen) atoms. The first-order chi connectivity index (χ1) is 40.7. The van der Waals surface area contributed by atoms with Gasteiger partial charge in [-0.15, -0.1) is 0 Å². The third-order valence-corrected chi connectivity index (χ3v) is 16.3. The van der Waals surface area contributed by atoms with Crippen molar-refractivity contribution < 1.29 is 49.3 Å². The summed E-state index contributed by atoms with van der Waals surface area (Å²) < 4.78 is 16.7. The fraction of sp³-hybridized carbons (Fsp3) is 0.833. The average Bonchev–Trinajstić information content (AvgIpc) is 3.55. The van der Waals surface area contributed by atoms with Gasteiger partial charge in [-0.25, -0.2) is 0 Å². The molecule has 7 atom stereocenters. The van der Waals surface area contributed by atoms with E-state index in [-0.39, 0.29) is 18.5 Å². The lowest BCUT2D eigenvalue weighted by atomic mass is 9.99. The summed E-state index contributed by atoms with van der Waals surface area (Å²) >= 11 is 0. The van der Waals surface area contributed by atoms with Gasteiger partial charge in [0.25, 0.3) is 0 Å². The van der Waals surface area contributed by atoms with Crippen LogP contribution in [0.5, 0.6) is 0 Å². The van der Waals surface area contributed by atoms with E-state index in [1.165, 1.54) is 231 Å². The van der Waals surface area contributed by atoms with Crippen molar-refractivity contribution in [2.24, 2.45) is 0 Å². The molecule has 0 aromatic heterocycles. The molecule has 0 aromatic carbocycles. The van der Waals surface area contributed by atoms with Crippen molar-refractivity contribution in [2.45, 2.75) is 365 Å². The van der Waals surface area contributed by atoms with Gasteiger partial charge in [0.1, 0.15) is 24.4 Å². The van der Waals surface area contributed by atoms with Crippen LogP contribution in [0.25, 0.3) is 0 Å². The van der Waals surface area contributed by atoms with Crippen molar-refractivity contribution in [3.63, 3.8) is 0 Å². The number of amides is 1. The molecule has 0 spiro atoms.